The minimum atomic E-state index is -0.959. The summed E-state index contributed by atoms with van der Waals surface area (Å²) in [5, 5.41) is 10.4. The van der Waals surface area contributed by atoms with Gasteiger partial charge in [-0.15, -0.1) is 0 Å². The summed E-state index contributed by atoms with van der Waals surface area (Å²) in [5.74, 6) is 0.120. The number of pyridine rings is 1. The Labute approximate surface area is 111 Å². The standard InChI is InChI=1S/C15H16FNO2/c1-9-4-10(2)14(13(5-9)19-3)15(18)11-6-12(16)8-17-7-11/h4-8,15,18H,1-3H3. The summed E-state index contributed by atoms with van der Waals surface area (Å²) in [7, 11) is 1.55. The lowest BCUT2D eigenvalue weighted by atomic mass is 9.96. The molecular formula is C15H16FNO2. The van der Waals surface area contributed by atoms with Crippen LogP contribution in [0.4, 0.5) is 4.39 Å². The van der Waals surface area contributed by atoms with E-state index in [9.17, 15) is 9.50 Å². The van der Waals surface area contributed by atoms with Crippen LogP contribution in [0.5, 0.6) is 5.75 Å². The number of aryl methyl sites for hydroxylation is 2. The number of aliphatic hydroxyl groups is 1. The summed E-state index contributed by atoms with van der Waals surface area (Å²) in [6.07, 6.45) is 1.60. The van der Waals surface area contributed by atoms with Gasteiger partial charge in [0.25, 0.3) is 0 Å². The van der Waals surface area contributed by atoms with Gasteiger partial charge >= 0.3 is 0 Å². The molecule has 0 aliphatic rings. The topological polar surface area (TPSA) is 42.4 Å². The molecule has 0 aliphatic heterocycles. The highest BCUT2D eigenvalue weighted by Crippen LogP contribution is 2.33. The second-order valence-corrected chi connectivity index (χ2v) is 4.54. The molecule has 2 rings (SSSR count). The lowest BCUT2D eigenvalue weighted by Crippen LogP contribution is -2.06. The van der Waals surface area contributed by atoms with E-state index in [2.05, 4.69) is 4.98 Å². The first kappa shape index (κ1) is 13.5. The molecule has 1 aromatic carbocycles. The van der Waals surface area contributed by atoms with E-state index < -0.39 is 11.9 Å². The molecule has 1 heterocycles. The maximum atomic E-state index is 13.2. The molecule has 0 fully saturated rings. The predicted molar refractivity (Wildman–Crippen MR) is 70.7 cm³/mol. The number of methoxy groups -OCH3 is 1. The van der Waals surface area contributed by atoms with Gasteiger partial charge in [0.2, 0.25) is 0 Å². The second-order valence-electron chi connectivity index (χ2n) is 4.54. The number of nitrogens with zero attached hydrogens (tertiary/aromatic N) is 1. The lowest BCUT2D eigenvalue weighted by molar-refractivity contribution is 0.213. The first-order chi connectivity index (χ1) is 9.02. The van der Waals surface area contributed by atoms with Gasteiger partial charge in [0.05, 0.1) is 13.3 Å². The summed E-state index contributed by atoms with van der Waals surface area (Å²) in [5.41, 5.74) is 2.99. The Morgan fingerprint density at radius 1 is 1.21 bits per heavy atom. The third-order valence-corrected chi connectivity index (χ3v) is 3.03. The van der Waals surface area contributed by atoms with Crippen molar-refractivity contribution in [1.82, 2.24) is 4.98 Å². The average molecular weight is 261 g/mol. The van der Waals surface area contributed by atoms with E-state index in [4.69, 9.17) is 4.74 Å². The van der Waals surface area contributed by atoms with E-state index in [1.165, 1.54) is 12.3 Å². The quantitative estimate of drug-likeness (QED) is 0.923. The third kappa shape index (κ3) is 2.74. The predicted octanol–water partition coefficient (Wildman–Crippen LogP) is 2.93. The van der Waals surface area contributed by atoms with Crippen LogP contribution in [-0.4, -0.2) is 17.2 Å². The summed E-state index contributed by atoms with van der Waals surface area (Å²) in [6, 6.07) is 5.07. The number of benzene rings is 1. The molecule has 0 amide bonds. The zero-order valence-electron chi connectivity index (χ0n) is 11.1. The molecule has 0 saturated heterocycles. The molecule has 0 aliphatic carbocycles. The van der Waals surface area contributed by atoms with Gasteiger partial charge in [0.1, 0.15) is 17.7 Å². The number of hydrogen-bond acceptors (Lipinski definition) is 3. The molecule has 1 atom stereocenters. The zero-order chi connectivity index (χ0) is 14.0. The molecule has 3 nitrogen and oxygen atoms in total. The summed E-state index contributed by atoms with van der Waals surface area (Å²) in [6.45, 7) is 3.84. The zero-order valence-corrected chi connectivity index (χ0v) is 11.1. The van der Waals surface area contributed by atoms with Crippen LogP contribution in [-0.2, 0) is 0 Å². The van der Waals surface area contributed by atoms with Crippen molar-refractivity contribution in [2.45, 2.75) is 20.0 Å². The molecule has 4 heteroatoms. The normalized spacial score (nSPS) is 12.3. The van der Waals surface area contributed by atoms with Crippen LogP contribution in [0.15, 0.2) is 30.6 Å². The van der Waals surface area contributed by atoms with Crippen molar-refractivity contribution in [3.63, 3.8) is 0 Å². The number of ether oxygens (including phenoxy) is 1. The Balaban J connectivity index is 2.52. The molecule has 19 heavy (non-hydrogen) atoms. The maximum Gasteiger partial charge on any atom is 0.141 e. The van der Waals surface area contributed by atoms with Crippen LogP contribution in [0.1, 0.15) is 28.4 Å². The second kappa shape index (κ2) is 5.36. The molecule has 1 N–H and O–H groups in total. The van der Waals surface area contributed by atoms with Crippen LogP contribution in [0.25, 0.3) is 0 Å². The number of aromatic nitrogens is 1. The number of hydrogen-bond donors (Lipinski definition) is 1. The smallest absolute Gasteiger partial charge is 0.141 e. The van der Waals surface area contributed by atoms with Crippen LogP contribution in [0, 0.1) is 19.7 Å². The van der Waals surface area contributed by atoms with Crippen LogP contribution >= 0.6 is 0 Å². The number of rotatable bonds is 3. The van der Waals surface area contributed by atoms with E-state index in [1.54, 1.807) is 7.11 Å². The Bertz CT molecular complexity index is 599. The molecule has 0 radical (unpaired) electrons. The van der Waals surface area contributed by atoms with Crippen molar-refractivity contribution in [3.8, 4) is 5.75 Å². The van der Waals surface area contributed by atoms with Gasteiger partial charge in [0, 0.05) is 17.3 Å². The first-order valence-electron chi connectivity index (χ1n) is 5.96. The first-order valence-corrected chi connectivity index (χ1v) is 5.96. The SMILES string of the molecule is COc1cc(C)cc(C)c1C(O)c1cncc(F)c1. The third-order valence-electron chi connectivity index (χ3n) is 3.03. The maximum absolute atomic E-state index is 13.2. The largest absolute Gasteiger partial charge is 0.496 e. The molecule has 0 saturated carbocycles. The summed E-state index contributed by atoms with van der Waals surface area (Å²) in [4.78, 5) is 3.76. The van der Waals surface area contributed by atoms with Crippen LogP contribution in [0.2, 0.25) is 0 Å². The van der Waals surface area contributed by atoms with Crippen molar-refractivity contribution in [2.75, 3.05) is 7.11 Å². The van der Waals surface area contributed by atoms with E-state index in [1.807, 2.05) is 26.0 Å². The van der Waals surface area contributed by atoms with Gasteiger partial charge < -0.3 is 9.84 Å². The van der Waals surface area contributed by atoms with Crippen molar-refractivity contribution in [1.29, 1.82) is 0 Å². The molecular weight excluding hydrogens is 245 g/mol. The number of halogens is 1. The van der Waals surface area contributed by atoms with Gasteiger partial charge in [-0.25, -0.2) is 4.39 Å². The summed E-state index contributed by atoms with van der Waals surface area (Å²) >= 11 is 0. The molecule has 1 aromatic heterocycles. The molecule has 2 aromatic rings. The minimum absolute atomic E-state index is 0.408. The Hall–Kier alpha value is -1.94. The van der Waals surface area contributed by atoms with Gasteiger partial charge in [-0.1, -0.05) is 6.07 Å². The van der Waals surface area contributed by atoms with Gasteiger partial charge in [-0.2, -0.15) is 0 Å². The fourth-order valence-electron chi connectivity index (χ4n) is 2.20. The Kier molecular flexibility index (Phi) is 3.81. The van der Waals surface area contributed by atoms with E-state index in [-0.39, 0.29) is 0 Å². The monoisotopic (exact) mass is 261 g/mol. The molecule has 0 spiro atoms. The fourth-order valence-corrected chi connectivity index (χ4v) is 2.20. The van der Waals surface area contributed by atoms with Crippen molar-refractivity contribution in [3.05, 3.63) is 58.7 Å². The van der Waals surface area contributed by atoms with Crippen LogP contribution in [0.3, 0.4) is 0 Å². The minimum Gasteiger partial charge on any atom is -0.496 e. The fraction of sp³-hybridized carbons (Fsp3) is 0.267. The van der Waals surface area contributed by atoms with Crippen LogP contribution < -0.4 is 4.74 Å². The van der Waals surface area contributed by atoms with Crippen molar-refractivity contribution < 1.29 is 14.2 Å². The average Bonchev–Trinajstić information content (AvgIpc) is 2.37. The highest BCUT2D eigenvalue weighted by molar-refractivity contribution is 5.47. The Morgan fingerprint density at radius 3 is 2.58 bits per heavy atom. The van der Waals surface area contributed by atoms with Gasteiger partial charge in [-0.3, -0.25) is 4.98 Å². The lowest BCUT2D eigenvalue weighted by Gasteiger charge is -2.18. The highest BCUT2D eigenvalue weighted by Gasteiger charge is 2.19. The highest BCUT2D eigenvalue weighted by atomic mass is 19.1. The van der Waals surface area contributed by atoms with Gasteiger partial charge in [-0.05, 0) is 37.1 Å². The Morgan fingerprint density at radius 2 is 1.95 bits per heavy atom. The van der Waals surface area contributed by atoms with Crippen molar-refractivity contribution in [2.24, 2.45) is 0 Å². The van der Waals surface area contributed by atoms with E-state index >= 15 is 0 Å². The van der Waals surface area contributed by atoms with E-state index in [0.29, 0.717) is 16.9 Å². The molecule has 1 unspecified atom stereocenters. The van der Waals surface area contributed by atoms with E-state index in [0.717, 1.165) is 17.3 Å². The number of aliphatic hydroxyl groups excluding tert-OH is 1. The molecule has 100 valence electrons. The van der Waals surface area contributed by atoms with Gasteiger partial charge in [0.15, 0.2) is 0 Å². The summed E-state index contributed by atoms with van der Waals surface area (Å²) < 4.78 is 18.5. The van der Waals surface area contributed by atoms with Crippen molar-refractivity contribution >= 4 is 0 Å². The molecule has 0 bridgehead atoms.